The zero-order valence-electron chi connectivity index (χ0n) is 11.0. The molecule has 0 bridgehead atoms. The van der Waals surface area contributed by atoms with Crippen LogP contribution in [0.25, 0.3) is 0 Å². The summed E-state index contributed by atoms with van der Waals surface area (Å²) in [7, 11) is 0. The van der Waals surface area contributed by atoms with E-state index in [1.807, 2.05) is 13.1 Å². The molecule has 1 aliphatic rings. The molecular formula is C12H14BrN5O2. The summed E-state index contributed by atoms with van der Waals surface area (Å²) in [6.45, 7) is 3.06. The Hall–Kier alpha value is -1.70. The van der Waals surface area contributed by atoms with Gasteiger partial charge in [-0.3, -0.25) is 9.48 Å². The first-order chi connectivity index (χ1) is 9.55. The summed E-state index contributed by atoms with van der Waals surface area (Å²) in [6, 6.07) is 0. The van der Waals surface area contributed by atoms with Gasteiger partial charge in [0.15, 0.2) is 5.82 Å². The quantitative estimate of drug-likeness (QED) is 0.909. The van der Waals surface area contributed by atoms with Gasteiger partial charge in [-0.2, -0.15) is 10.1 Å². The summed E-state index contributed by atoms with van der Waals surface area (Å²) in [4.78, 5) is 15.9. The predicted octanol–water partition coefficient (Wildman–Crippen LogP) is 1.24. The van der Waals surface area contributed by atoms with Crippen LogP contribution in [-0.4, -0.2) is 32.4 Å². The van der Waals surface area contributed by atoms with Gasteiger partial charge in [-0.05, 0) is 22.4 Å². The molecule has 3 heterocycles. The van der Waals surface area contributed by atoms with E-state index >= 15 is 0 Å². The second-order valence-corrected chi connectivity index (χ2v) is 6.12. The molecule has 1 fully saturated rings. The molecular weight excluding hydrogens is 326 g/mol. The van der Waals surface area contributed by atoms with Crippen LogP contribution in [-0.2, 0) is 16.8 Å². The summed E-state index contributed by atoms with van der Waals surface area (Å²) in [6.07, 6.45) is 4.72. The van der Waals surface area contributed by atoms with Crippen LogP contribution in [0.1, 0.15) is 31.5 Å². The van der Waals surface area contributed by atoms with Crippen molar-refractivity contribution in [3.63, 3.8) is 0 Å². The average Bonchev–Trinajstić information content (AvgIpc) is 2.99. The molecule has 0 radical (unpaired) electrons. The van der Waals surface area contributed by atoms with Crippen LogP contribution in [0.15, 0.2) is 21.4 Å². The monoisotopic (exact) mass is 339 g/mol. The number of carbonyl (C=O) groups excluding carboxylic acids is 1. The third-order valence-electron chi connectivity index (χ3n) is 3.44. The van der Waals surface area contributed by atoms with Crippen LogP contribution in [0.4, 0.5) is 0 Å². The van der Waals surface area contributed by atoms with Crippen LogP contribution in [0.2, 0.25) is 0 Å². The number of hydrogen-bond donors (Lipinski definition) is 1. The molecule has 1 saturated heterocycles. The van der Waals surface area contributed by atoms with E-state index in [4.69, 9.17) is 4.52 Å². The highest BCUT2D eigenvalue weighted by Gasteiger charge is 2.38. The van der Waals surface area contributed by atoms with Crippen LogP contribution >= 0.6 is 15.9 Å². The number of amides is 1. The van der Waals surface area contributed by atoms with Crippen molar-refractivity contribution in [3.05, 3.63) is 28.6 Å². The normalized spacial score (nSPS) is 22.8. The molecule has 1 atom stereocenters. The molecule has 3 rings (SSSR count). The van der Waals surface area contributed by atoms with E-state index in [0.29, 0.717) is 31.2 Å². The number of aromatic nitrogens is 4. The lowest BCUT2D eigenvalue weighted by Gasteiger charge is -2.29. The number of carbonyl (C=O) groups is 1. The summed E-state index contributed by atoms with van der Waals surface area (Å²) in [5.41, 5.74) is -0.377. The van der Waals surface area contributed by atoms with Crippen molar-refractivity contribution >= 4 is 21.8 Å². The molecule has 20 heavy (non-hydrogen) atoms. The summed E-state index contributed by atoms with van der Waals surface area (Å²) in [5.74, 6) is 1.10. The smallest absolute Gasteiger partial charge is 0.233 e. The van der Waals surface area contributed by atoms with Gasteiger partial charge in [0.1, 0.15) is 6.54 Å². The van der Waals surface area contributed by atoms with Gasteiger partial charge in [0.05, 0.1) is 16.1 Å². The molecule has 106 valence electrons. The first kappa shape index (κ1) is 13.3. The van der Waals surface area contributed by atoms with Gasteiger partial charge in [0, 0.05) is 19.2 Å². The lowest BCUT2D eigenvalue weighted by atomic mass is 9.80. The van der Waals surface area contributed by atoms with Crippen LogP contribution < -0.4 is 5.32 Å². The molecule has 0 spiro atoms. The largest absolute Gasteiger partial charge is 0.356 e. The van der Waals surface area contributed by atoms with Crippen molar-refractivity contribution < 1.29 is 9.32 Å². The van der Waals surface area contributed by atoms with E-state index < -0.39 is 0 Å². The second kappa shape index (κ2) is 5.01. The standard InChI is InChI=1S/C12H14BrN5O2/c1-12(2-3-14-10(19)4-12)11-16-9(17-20-11)7-18-6-8(13)5-15-18/h5-6H,2-4,7H2,1H3,(H,14,19). The molecule has 1 N–H and O–H groups in total. The van der Waals surface area contributed by atoms with Crippen molar-refractivity contribution in [2.75, 3.05) is 6.54 Å². The van der Waals surface area contributed by atoms with Gasteiger partial charge < -0.3 is 9.84 Å². The Balaban J connectivity index is 1.77. The third kappa shape index (κ3) is 2.60. The Labute approximate surface area is 123 Å². The van der Waals surface area contributed by atoms with Crippen LogP contribution in [0.5, 0.6) is 0 Å². The van der Waals surface area contributed by atoms with Gasteiger partial charge in [0.25, 0.3) is 0 Å². The van der Waals surface area contributed by atoms with Crippen molar-refractivity contribution in [1.82, 2.24) is 25.2 Å². The molecule has 0 aliphatic carbocycles. The van der Waals surface area contributed by atoms with Crippen molar-refractivity contribution in [2.24, 2.45) is 0 Å². The third-order valence-corrected chi connectivity index (χ3v) is 3.85. The van der Waals surface area contributed by atoms with E-state index in [0.717, 1.165) is 10.9 Å². The first-order valence-corrected chi connectivity index (χ1v) is 7.12. The van der Waals surface area contributed by atoms with Gasteiger partial charge in [-0.1, -0.05) is 12.1 Å². The number of nitrogens with zero attached hydrogens (tertiary/aromatic N) is 4. The average molecular weight is 340 g/mol. The summed E-state index contributed by atoms with van der Waals surface area (Å²) >= 11 is 3.34. The fourth-order valence-corrected chi connectivity index (χ4v) is 2.63. The Kier molecular flexibility index (Phi) is 3.33. The number of rotatable bonds is 3. The Morgan fingerprint density at radius 1 is 1.60 bits per heavy atom. The zero-order valence-corrected chi connectivity index (χ0v) is 12.6. The van der Waals surface area contributed by atoms with Crippen molar-refractivity contribution in [2.45, 2.75) is 31.7 Å². The minimum absolute atomic E-state index is 0.0227. The maximum Gasteiger partial charge on any atom is 0.233 e. The number of piperidine rings is 1. The second-order valence-electron chi connectivity index (χ2n) is 5.21. The molecule has 8 heteroatoms. The SMILES string of the molecule is CC1(c2nc(Cn3cc(Br)cn3)no2)CCNC(=O)C1. The molecule has 1 amide bonds. The van der Waals surface area contributed by atoms with E-state index in [2.05, 4.69) is 36.5 Å². The van der Waals surface area contributed by atoms with Gasteiger partial charge >= 0.3 is 0 Å². The van der Waals surface area contributed by atoms with E-state index in [9.17, 15) is 4.79 Å². The minimum Gasteiger partial charge on any atom is -0.356 e. The summed E-state index contributed by atoms with van der Waals surface area (Å²) < 4.78 is 7.96. The van der Waals surface area contributed by atoms with Crippen LogP contribution in [0, 0.1) is 0 Å². The highest BCUT2D eigenvalue weighted by atomic mass is 79.9. The molecule has 1 aliphatic heterocycles. The fraction of sp³-hybridized carbons (Fsp3) is 0.500. The Morgan fingerprint density at radius 2 is 2.45 bits per heavy atom. The number of hydrogen-bond acceptors (Lipinski definition) is 5. The molecule has 0 saturated carbocycles. The number of nitrogens with one attached hydrogen (secondary N) is 1. The zero-order chi connectivity index (χ0) is 14.2. The Morgan fingerprint density at radius 3 is 3.15 bits per heavy atom. The van der Waals surface area contributed by atoms with Gasteiger partial charge in [0.2, 0.25) is 11.8 Å². The molecule has 7 nitrogen and oxygen atoms in total. The molecule has 1 unspecified atom stereocenters. The Bertz CT molecular complexity index is 637. The maximum atomic E-state index is 11.5. The maximum absolute atomic E-state index is 11.5. The topological polar surface area (TPSA) is 85.8 Å². The lowest BCUT2D eigenvalue weighted by molar-refractivity contribution is -0.124. The minimum atomic E-state index is -0.377. The van der Waals surface area contributed by atoms with Crippen LogP contribution in [0.3, 0.4) is 0 Å². The number of halogens is 1. The van der Waals surface area contributed by atoms with Crippen molar-refractivity contribution in [3.8, 4) is 0 Å². The van der Waals surface area contributed by atoms with Gasteiger partial charge in [-0.25, -0.2) is 0 Å². The first-order valence-electron chi connectivity index (χ1n) is 6.33. The van der Waals surface area contributed by atoms with E-state index in [1.54, 1.807) is 10.9 Å². The predicted molar refractivity (Wildman–Crippen MR) is 72.9 cm³/mol. The highest BCUT2D eigenvalue weighted by molar-refractivity contribution is 9.10. The molecule has 2 aromatic heterocycles. The highest BCUT2D eigenvalue weighted by Crippen LogP contribution is 2.31. The van der Waals surface area contributed by atoms with E-state index in [-0.39, 0.29) is 11.3 Å². The fourth-order valence-electron chi connectivity index (χ4n) is 2.30. The molecule has 0 aromatic carbocycles. The summed E-state index contributed by atoms with van der Waals surface area (Å²) in [5, 5.41) is 10.9. The lowest BCUT2D eigenvalue weighted by Crippen LogP contribution is -2.41. The molecule has 2 aromatic rings. The van der Waals surface area contributed by atoms with E-state index in [1.165, 1.54) is 0 Å². The van der Waals surface area contributed by atoms with Crippen molar-refractivity contribution in [1.29, 1.82) is 0 Å². The van der Waals surface area contributed by atoms with Gasteiger partial charge in [-0.15, -0.1) is 0 Å².